The summed E-state index contributed by atoms with van der Waals surface area (Å²) >= 11 is 0. The van der Waals surface area contributed by atoms with E-state index in [1.807, 2.05) is 10.6 Å². The maximum atomic E-state index is 11.6. The third-order valence-electron chi connectivity index (χ3n) is 3.27. The predicted octanol–water partition coefficient (Wildman–Crippen LogP) is 2.88. The van der Waals surface area contributed by atoms with E-state index in [4.69, 9.17) is 10.5 Å². The van der Waals surface area contributed by atoms with E-state index >= 15 is 0 Å². The van der Waals surface area contributed by atoms with Crippen LogP contribution in [0.2, 0.25) is 0 Å². The SMILES string of the molecule is COC(=O)c1cc(N)cn1CCCCc1ccccc1. The van der Waals surface area contributed by atoms with Gasteiger partial charge < -0.3 is 15.0 Å². The summed E-state index contributed by atoms with van der Waals surface area (Å²) in [6.45, 7) is 0.772. The molecule has 0 bridgehead atoms. The first-order valence-electron chi connectivity index (χ1n) is 6.78. The Morgan fingerprint density at radius 1 is 1.25 bits per heavy atom. The molecule has 0 atom stereocenters. The second kappa shape index (κ2) is 6.80. The molecule has 4 nitrogen and oxygen atoms in total. The van der Waals surface area contributed by atoms with Gasteiger partial charge in [0.25, 0.3) is 0 Å². The largest absolute Gasteiger partial charge is 0.464 e. The van der Waals surface area contributed by atoms with E-state index in [-0.39, 0.29) is 5.97 Å². The van der Waals surface area contributed by atoms with Crippen LogP contribution in [0.4, 0.5) is 5.69 Å². The van der Waals surface area contributed by atoms with Gasteiger partial charge in [0.15, 0.2) is 0 Å². The van der Waals surface area contributed by atoms with Crippen molar-refractivity contribution < 1.29 is 9.53 Å². The highest BCUT2D eigenvalue weighted by atomic mass is 16.5. The Morgan fingerprint density at radius 3 is 2.70 bits per heavy atom. The van der Waals surface area contributed by atoms with Gasteiger partial charge in [0.05, 0.1) is 12.8 Å². The van der Waals surface area contributed by atoms with Gasteiger partial charge in [-0.15, -0.1) is 0 Å². The molecule has 1 aromatic carbocycles. The van der Waals surface area contributed by atoms with Crippen LogP contribution in [0.25, 0.3) is 0 Å². The molecule has 0 unspecified atom stereocenters. The van der Waals surface area contributed by atoms with Crippen LogP contribution in [0.15, 0.2) is 42.6 Å². The molecule has 1 aromatic heterocycles. The molecule has 20 heavy (non-hydrogen) atoms. The van der Waals surface area contributed by atoms with Gasteiger partial charge in [-0.3, -0.25) is 0 Å². The molecule has 0 saturated carbocycles. The van der Waals surface area contributed by atoms with Crippen LogP contribution in [-0.2, 0) is 17.7 Å². The van der Waals surface area contributed by atoms with E-state index in [9.17, 15) is 4.79 Å². The first kappa shape index (κ1) is 14.2. The first-order valence-corrected chi connectivity index (χ1v) is 6.78. The number of unbranched alkanes of at least 4 members (excludes halogenated alkanes) is 1. The molecule has 0 aliphatic heterocycles. The smallest absolute Gasteiger partial charge is 0.354 e. The fourth-order valence-corrected chi connectivity index (χ4v) is 2.25. The van der Waals surface area contributed by atoms with Crippen LogP contribution in [0.1, 0.15) is 28.9 Å². The minimum Gasteiger partial charge on any atom is -0.464 e. The number of carbonyl (C=O) groups is 1. The lowest BCUT2D eigenvalue weighted by Gasteiger charge is -2.07. The standard InChI is InChI=1S/C16H20N2O2/c1-20-16(19)15-11-14(17)12-18(15)10-6-5-9-13-7-3-2-4-8-13/h2-4,7-8,11-12H,5-6,9-10,17H2,1H3. The summed E-state index contributed by atoms with van der Waals surface area (Å²) in [5.74, 6) is -0.343. The fourth-order valence-electron chi connectivity index (χ4n) is 2.25. The second-order valence-corrected chi connectivity index (χ2v) is 4.79. The Bertz CT molecular complexity index is 561. The molecule has 0 aliphatic rings. The Hall–Kier alpha value is -2.23. The first-order chi connectivity index (χ1) is 9.70. The Labute approximate surface area is 119 Å². The number of methoxy groups -OCH3 is 1. The lowest BCUT2D eigenvalue weighted by molar-refractivity contribution is 0.0588. The van der Waals surface area contributed by atoms with Crippen molar-refractivity contribution in [1.29, 1.82) is 0 Å². The number of hydrogen-bond donors (Lipinski definition) is 1. The van der Waals surface area contributed by atoms with E-state index in [1.165, 1.54) is 12.7 Å². The minimum atomic E-state index is -0.343. The summed E-state index contributed by atoms with van der Waals surface area (Å²) in [6.07, 6.45) is 4.90. The van der Waals surface area contributed by atoms with Gasteiger partial charge >= 0.3 is 5.97 Å². The molecule has 2 aromatic rings. The Morgan fingerprint density at radius 2 is 2.00 bits per heavy atom. The van der Waals surface area contributed by atoms with Crippen LogP contribution in [0.3, 0.4) is 0 Å². The molecular weight excluding hydrogens is 252 g/mol. The normalized spacial score (nSPS) is 10.4. The number of esters is 1. The van der Waals surface area contributed by atoms with Gasteiger partial charge in [0, 0.05) is 12.7 Å². The number of nitrogens with two attached hydrogens (primary N) is 1. The average Bonchev–Trinajstić information content (AvgIpc) is 2.85. The zero-order valence-corrected chi connectivity index (χ0v) is 11.7. The van der Waals surface area contributed by atoms with Gasteiger partial charge in [-0.05, 0) is 30.9 Å². The number of ether oxygens (including phenoxy) is 1. The summed E-state index contributed by atoms with van der Waals surface area (Å²) in [5, 5.41) is 0. The third-order valence-corrected chi connectivity index (χ3v) is 3.27. The molecule has 0 saturated heterocycles. The van der Waals surface area contributed by atoms with E-state index < -0.39 is 0 Å². The van der Waals surface area contributed by atoms with Crippen molar-refractivity contribution in [1.82, 2.24) is 4.57 Å². The number of rotatable bonds is 6. The maximum Gasteiger partial charge on any atom is 0.354 e. The van der Waals surface area contributed by atoms with Gasteiger partial charge in [-0.1, -0.05) is 30.3 Å². The zero-order valence-electron chi connectivity index (χ0n) is 11.7. The topological polar surface area (TPSA) is 57.2 Å². The number of hydrogen-bond acceptors (Lipinski definition) is 3. The number of aromatic nitrogens is 1. The molecule has 0 fully saturated rings. The van der Waals surface area contributed by atoms with Crippen molar-refractivity contribution in [2.24, 2.45) is 0 Å². The molecule has 0 amide bonds. The van der Waals surface area contributed by atoms with Crippen molar-refractivity contribution in [2.75, 3.05) is 12.8 Å². The number of nitrogens with zero attached hydrogens (tertiary/aromatic N) is 1. The number of anilines is 1. The predicted molar refractivity (Wildman–Crippen MR) is 79.6 cm³/mol. The lowest BCUT2D eigenvalue weighted by atomic mass is 10.1. The number of benzene rings is 1. The van der Waals surface area contributed by atoms with Crippen LogP contribution in [0, 0.1) is 0 Å². The molecule has 0 aliphatic carbocycles. The van der Waals surface area contributed by atoms with Crippen molar-refractivity contribution in [3.05, 3.63) is 53.9 Å². The van der Waals surface area contributed by atoms with Crippen molar-refractivity contribution in [2.45, 2.75) is 25.8 Å². The molecule has 2 N–H and O–H groups in total. The van der Waals surface area contributed by atoms with Gasteiger partial charge in [0.1, 0.15) is 5.69 Å². The molecule has 2 rings (SSSR count). The van der Waals surface area contributed by atoms with Gasteiger partial charge in [-0.25, -0.2) is 4.79 Å². The molecule has 0 radical (unpaired) electrons. The second-order valence-electron chi connectivity index (χ2n) is 4.79. The van der Waals surface area contributed by atoms with Gasteiger partial charge in [-0.2, -0.15) is 0 Å². The average molecular weight is 272 g/mol. The van der Waals surface area contributed by atoms with E-state index in [2.05, 4.69) is 24.3 Å². The van der Waals surface area contributed by atoms with Crippen LogP contribution in [-0.4, -0.2) is 17.6 Å². The lowest BCUT2D eigenvalue weighted by Crippen LogP contribution is -2.10. The summed E-state index contributed by atoms with van der Waals surface area (Å²) in [6, 6.07) is 12.0. The fraction of sp³-hybridized carbons (Fsp3) is 0.312. The Kier molecular flexibility index (Phi) is 4.82. The summed E-state index contributed by atoms with van der Waals surface area (Å²) in [4.78, 5) is 11.6. The highest BCUT2D eigenvalue weighted by Gasteiger charge is 2.12. The van der Waals surface area contributed by atoms with E-state index in [0.717, 1.165) is 25.8 Å². The maximum absolute atomic E-state index is 11.6. The quantitative estimate of drug-likeness (QED) is 0.650. The monoisotopic (exact) mass is 272 g/mol. The number of aryl methyl sites for hydroxylation is 2. The van der Waals surface area contributed by atoms with E-state index in [1.54, 1.807) is 12.3 Å². The highest BCUT2D eigenvalue weighted by molar-refractivity contribution is 5.88. The zero-order chi connectivity index (χ0) is 14.4. The van der Waals surface area contributed by atoms with E-state index in [0.29, 0.717) is 11.4 Å². The van der Waals surface area contributed by atoms with Crippen LogP contribution < -0.4 is 5.73 Å². The summed E-state index contributed by atoms with van der Waals surface area (Å²) < 4.78 is 6.62. The third kappa shape index (κ3) is 3.63. The summed E-state index contributed by atoms with van der Waals surface area (Å²) in [7, 11) is 1.38. The highest BCUT2D eigenvalue weighted by Crippen LogP contribution is 2.14. The van der Waals surface area contributed by atoms with Crippen molar-refractivity contribution in [3.8, 4) is 0 Å². The van der Waals surface area contributed by atoms with Crippen LogP contribution >= 0.6 is 0 Å². The Balaban J connectivity index is 1.86. The number of nitrogen functional groups attached to an aromatic ring is 1. The molecule has 4 heteroatoms. The molecule has 106 valence electrons. The van der Waals surface area contributed by atoms with Crippen molar-refractivity contribution in [3.63, 3.8) is 0 Å². The minimum absolute atomic E-state index is 0.343. The molecular formula is C16H20N2O2. The summed E-state index contributed by atoms with van der Waals surface area (Å²) in [5.41, 5.74) is 8.19. The molecule has 0 spiro atoms. The molecule has 1 heterocycles. The number of carbonyl (C=O) groups excluding carboxylic acids is 1. The van der Waals surface area contributed by atoms with Gasteiger partial charge in [0.2, 0.25) is 0 Å². The van der Waals surface area contributed by atoms with Crippen molar-refractivity contribution >= 4 is 11.7 Å². The van der Waals surface area contributed by atoms with Crippen LogP contribution in [0.5, 0.6) is 0 Å².